The summed E-state index contributed by atoms with van der Waals surface area (Å²) in [7, 11) is 0. The van der Waals surface area contributed by atoms with Gasteiger partial charge in [-0.2, -0.15) is 0 Å². The van der Waals surface area contributed by atoms with E-state index in [9.17, 15) is 19.5 Å². The normalized spacial score (nSPS) is 13.7. The third-order valence-electron chi connectivity index (χ3n) is 6.10. The molecule has 14 heteroatoms. The number of anilines is 1. The molecule has 1 fully saturated rings. The van der Waals surface area contributed by atoms with Crippen LogP contribution in [0.1, 0.15) is 32.0 Å². The molecule has 0 bridgehead atoms. The Bertz CT molecular complexity index is 1480. The molecule has 1 aliphatic rings. The molecule has 0 atom stereocenters. The second-order valence-electron chi connectivity index (χ2n) is 10.2. The van der Waals surface area contributed by atoms with E-state index >= 15 is 13.2 Å². The first-order chi connectivity index (χ1) is 19.4. The summed E-state index contributed by atoms with van der Waals surface area (Å²) in [5.74, 6) is -6.69. The van der Waals surface area contributed by atoms with E-state index in [4.69, 9.17) is 9.47 Å². The number of alkyl carbamates (subject to hydrolysis) is 1. The minimum absolute atomic E-state index is 0.0232. The number of hydrogen-bond donors (Lipinski definition) is 2. The van der Waals surface area contributed by atoms with Crippen molar-refractivity contribution < 1.29 is 41.8 Å². The molecule has 1 aliphatic heterocycles. The van der Waals surface area contributed by atoms with Gasteiger partial charge in [-0.15, -0.1) is 0 Å². The van der Waals surface area contributed by atoms with Crippen molar-refractivity contribution in [3.05, 3.63) is 75.7 Å². The number of carbonyl (C=O) groups excluding carboxylic acids is 2. The van der Waals surface area contributed by atoms with Gasteiger partial charge in [0, 0.05) is 32.2 Å². The number of piperazine rings is 1. The van der Waals surface area contributed by atoms with E-state index in [1.54, 1.807) is 32.9 Å². The Morgan fingerprint density at radius 2 is 1.71 bits per heavy atom. The van der Waals surface area contributed by atoms with Crippen LogP contribution in [-0.2, 0) is 22.6 Å². The highest BCUT2D eigenvalue weighted by molar-refractivity contribution is 5.68. The molecule has 0 spiro atoms. The van der Waals surface area contributed by atoms with Gasteiger partial charge < -0.3 is 34.1 Å². The molecule has 2 aromatic carbocycles. The van der Waals surface area contributed by atoms with Crippen molar-refractivity contribution in [2.24, 2.45) is 0 Å². The molecule has 2 amide bonds. The summed E-state index contributed by atoms with van der Waals surface area (Å²) in [6.45, 7) is 4.38. The zero-order valence-corrected chi connectivity index (χ0v) is 22.6. The van der Waals surface area contributed by atoms with Crippen LogP contribution >= 0.6 is 0 Å². The minimum atomic E-state index is -1.59. The molecule has 2 heterocycles. The lowest BCUT2D eigenvalue weighted by Gasteiger charge is -2.35. The number of halogens is 3. The summed E-state index contributed by atoms with van der Waals surface area (Å²) < 4.78 is 61.2. The van der Waals surface area contributed by atoms with Gasteiger partial charge in [-0.1, -0.05) is 30.3 Å². The number of nitrogens with one attached hydrogen (secondary N) is 1. The van der Waals surface area contributed by atoms with E-state index < -0.39 is 70.6 Å². The van der Waals surface area contributed by atoms with Gasteiger partial charge in [0.05, 0.1) is 12.2 Å². The van der Waals surface area contributed by atoms with Crippen LogP contribution in [0.25, 0.3) is 5.69 Å². The summed E-state index contributed by atoms with van der Waals surface area (Å²) in [6.07, 6.45) is -1.52. The van der Waals surface area contributed by atoms with Gasteiger partial charge in [0.15, 0.2) is 17.5 Å². The average molecular weight is 579 g/mol. The van der Waals surface area contributed by atoms with Crippen molar-refractivity contribution in [1.29, 1.82) is 0 Å². The molecule has 0 radical (unpaired) electrons. The highest BCUT2D eigenvalue weighted by Gasteiger charge is 2.31. The molecule has 0 unspecified atom stereocenters. The summed E-state index contributed by atoms with van der Waals surface area (Å²) in [5, 5.41) is 12.3. The third kappa shape index (κ3) is 6.76. The summed E-state index contributed by atoms with van der Waals surface area (Å²) in [4.78, 5) is 39.4. The number of benzene rings is 2. The van der Waals surface area contributed by atoms with Gasteiger partial charge in [0.1, 0.15) is 23.6 Å². The monoisotopic (exact) mass is 578 g/mol. The number of oxazole rings is 1. The van der Waals surface area contributed by atoms with E-state index in [2.05, 4.69) is 9.73 Å². The molecule has 41 heavy (non-hydrogen) atoms. The molecule has 0 aliphatic carbocycles. The quantitative estimate of drug-likeness (QED) is 0.420. The van der Waals surface area contributed by atoms with Gasteiger partial charge >= 0.3 is 23.9 Å². The molecule has 3 aromatic rings. The smallest absolute Gasteiger partial charge is 0.427 e. The number of amides is 2. The zero-order chi connectivity index (χ0) is 29.9. The molecular formula is C27H29F3N4O7. The molecule has 1 saturated heterocycles. The van der Waals surface area contributed by atoms with E-state index in [0.29, 0.717) is 10.6 Å². The fraction of sp³-hybridized carbons (Fsp3) is 0.370. The number of rotatable bonds is 6. The Morgan fingerprint density at radius 3 is 2.34 bits per heavy atom. The van der Waals surface area contributed by atoms with Crippen molar-refractivity contribution in [2.75, 3.05) is 31.1 Å². The molecule has 0 saturated carbocycles. The molecule has 2 N–H and O–H groups in total. The van der Waals surface area contributed by atoms with Gasteiger partial charge in [-0.25, -0.2) is 32.1 Å². The minimum Gasteiger partial charge on any atom is -0.479 e. The predicted octanol–water partition coefficient (Wildman–Crippen LogP) is 4.04. The average Bonchev–Trinajstić information content (AvgIpc) is 3.20. The molecule has 220 valence electrons. The lowest BCUT2D eigenvalue weighted by atomic mass is 10.2. The Balaban J connectivity index is 1.49. The SMILES string of the molecule is CC(C)(C)OC(=O)NCc1c(O)oc(=O)n1-c1cc(F)c(N2CCN(C(=O)OCc3ccccc3)CC2)c(F)c1F. The highest BCUT2D eigenvalue weighted by atomic mass is 19.2. The molecule has 4 rings (SSSR count). The first-order valence-electron chi connectivity index (χ1n) is 12.6. The number of hydrogen-bond acceptors (Lipinski definition) is 8. The Kier molecular flexibility index (Phi) is 8.49. The van der Waals surface area contributed by atoms with Gasteiger partial charge in [0.25, 0.3) is 0 Å². The number of ether oxygens (including phenoxy) is 2. The number of aromatic nitrogens is 1. The third-order valence-corrected chi connectivity index (χ3v) is 6.10. The number of carbonyl (C=O) groups is 2. The fourth-order valence-electron chi connectivity index (χ4n) is 4.21. The van der Waals surface area contributed by atoms with Crippen LogP contribution in [0.15, 0.2) is 45.6 Å². The van der Waals surface area contributed by atoms with Gasteiger partial charge in [0.2, 0.25) is 0 Å². The largest absolute Gasteiger partial charge is 0.479 e. The first kappa shape index (κ1) is 29.4. The Morgan fingerprint density at radius 1 is 1.05 bits per heavy atom. The second kappa shape index (κ2) is 11.9. The lowest BCUT2D eigenvalue weighted by molar-refractivity contribution is 0.0522. The van der Waals surface area contributed by atoms with Crippen molar-refractivity contribution in [2.45, 2.75) is 39.5 Å². The standard InChI is InChI=1S/C27H29F3N4O7/c1-27(2,3)41-24(36)31-14-19-23(35)40-26(38)34(19)18-13-17(28)22(21(30)20(18)29)32-9-11-33(12-10-32)25(37)39-15-16-7-5-4-6-8-16/h4-8,13,35H,9-12,14-15H2,1-3H3,(H,31,36). The maximum atomic E-state index is 15.3. The van der Waals surface area contributed by atoms with Gasteiger partial charge in [-0.05, 0) is 26.3 Å². The molecule has 1 aromatic heterocycles. The maximum absolute atomic E-state index is 15.3. The molecular weight excluding hydrogens is 549 g/mol. The van der Waals surface area contributed by atoms with Crippen LogP contribution < -0.4 is 16.0 Å². The van der Waals surface area contributed by atoms with Crippen molar-refractivity contribution in [3.8, 4) is 11.6 Å². The number of nitrogens with zero attached hydrogens (tertiary/aromatic N) is 3. The van der Waals surface area contributed by atoms with Crippen molar-refractivity contribution in [3.63, 3.8) is 0 Å². The van der Waals surface area contributed by atoms with Crippen LogP contribution in [0.5, 0.6) is 5.95 Å². The second-order valence-corrected chi connectivity index (χ2v) is 10.2. The Hall–Kier alpha value is -4.62. The summed E-state index contributed by atoms with van der Waals surface area (Å²) >= 11 is 0. The number of aromatic hydroxyl groups is 1. The highest BCUT2D eigenvalue weighted by Crippen LogP contribution is 2.32. The van der Waals surface area contributed by atoms with Gasteiger partial charge in [-0.3, -0.25) is 0 Å². The van der Waals surface area contributed by atoms with Crippen molar-refractivity contribution >= 4 is 17.9 Å². The maximum Gasteiger partial charge on any atom is 0.427 e. The topological polar surface area (TPSA) is 126 Å². The van der Waals surface area contributed by atoms with E-state index in [1.165, 1.54) is 9.80 Å². The molecule has 11 nitrogen and oxygen atoms in total. The van der Waals surface area contributed by atoms with Crippen LogP contribution in [0, 0.1) is 17.5 Å². The zero-order valence-electron chi connectivity index (χ0n) is 22.6. The van der Waals surface area contributed by atoms with Crippen LogP contribution in [0.2, 0.25) is 0 Å². The van der Waals surface area contributed by atoms with Crippen LogP contribution in [-0.4, -0.2) is 58.5 Å². The van der Waals surface area contributed by atoms with Crippen LogP contribution in [0.4, 0.5) is 28.4 Å². The summed E-state index contributed by atoms with van der Waals surface area (Å²) in [6, 6.07) is 9.63. The fourth-order valence-corrected chi connectivity index (χ4v) is 4.21. The predicted molar refractivity (Wildman–Crippen MR) is 139 cm³/mol. The Labute approximate surface area is 232 Å². The van der Waals surface area contributed by atoms with E-state index in [0.717, 1.165) is 5.56 Å². The van der Waals surface area contributed by atoms with Crippen molar-refractivity contribution in [1.82, 2.24) is 14.8 Å². The summed E-state index contributed by atoms with van der Waals surface area (Å²) in [5.41, 5.74) is -2.08. The van der Waals surface area contributed by atoms with E-state index in [1.807, 2.05) is 18.2 Å². The van der Waals surface area contributed by atoms with Crippen LogP contribution in [0.3, 0.4) is 0 Å². The van der Waals surface area contributed by atoms with E-state index in [-0.39, 0.29) is 32.8 Å². The first-order valence-corrected chi connectivity index (χ1v) is 12.6. The lowest BCUT2D eigenvalue weighted by Crippen LogP contribution is -2.49.